The maximum Gasteiger partial charge on any atom is 1.00 e. The van der Waals surface area contributed by atoms with Gasteiger partial charge in [0.2, 0.25) is 0 Å². The van der Waals surface area contributed by atoms with E-state index in [2.05, 4.69) is 5.32 Å². The molecule has 0 N–H and O–H groups in total. The average Bonchev–Trinajstić information content (AvgIpc) is 2.07. The summed E-state index contributed by atoms with van der Waals surface area (Å²) in [7, 11) is 0. The third-order valence-corrected chi connectivity index (χ3v) is 1.17. The van der Waals surface area contributed by atoms with Gasteiger partial charge in [-0.05, 0) is 0 Å². The fourth-order valence-corrected chi connectivity index (χ4v) is 0.691. The summed E-state index contributed by atoms with van der Waals surface area (Å²) in [6.07, 6.45) is 1.44. The number of hydrogen-bond acceptors (Lipinski definition) is 2. The van der Waals surface area contributed by atoms with Gasteiger partial charge < -0.3 is 10.6 Å². The molecule has 1 rings (SSSR count). The van der Waals surface area contributed by atoms with E-state index in [1.54, 1.807) is 30.3 Å². The van der Waals surface area contributed by atoms with Gasteiger partial charge in [0.1, 0.15) is 0 Å². The zero-order valence-corrected chi connectivity index (χ0v) is 8.69. The van der Waals surface area contributed by atoms with Crippen molar-refractivity contribution in [1.29, 1.82) is 5.26 Å². The second-order valence-electron chi connectivity index (χ2n) is 1.88. The topological polar surface area (TPSA) is 55.0 Å². The minimum Gasteiger partial charge on any atom is -0.494 e. The SMILES string of the molecule is N#C[N-]C(=O)c1ccccc1.[Na+]. The molecule has 0 aromatic heterocycles. The van der Waals surface area contributed by atoms with E-state index in [0.717, 1.165) is 0 Å². The Kier molecular flexibility index (Phi) is 5.39. The Hall–Kier alpha value is -0.820. The summed E-state index contributed by atoms with van der Waals surface area (Å²) in [6.45, 7) is 0. The Labute approximate surface area is 92.7 Å². The molecular formula is C8H5N2NaO. The molecule has 3 nitrogen and oxygen atoms in total. The molecule has 0 aliphatic heterocycles. The van der Waals surface area contributed by atoms with Gasteiger partial charge in [0.15, 0.2) is 5.91 Å². The van der Waals surface area contributed by atoms with Crippen LogP contribution < -0.4 is 29.6 Å². The molecule has 0 aliphatic carbocycles. The molecular weight excluding hydrogens is 163 g/mol. The number of nitriles is 1. The Morgan fingerprint density at radius 1 is 1.33 bits per heavy atom. The maximum atomic E-state index is 10.9. The maximum absolute atomic E-state index is 10.9. The summed E-state index contributed by atoms with van der Waals surface area (Å²) < 4.78 is 0. The van der Waals surface area contributed by atoms with Crippen molar-refractivity contribution in [2.24, 2.45) is 0 Å². The Bertz CT molecular complexity index is 292. The van der Waals surface area contributed by atoms with Gasteiger partial charge in [-0.1, -0.05) is 36.5 Å². The molecule has 4 heteroatoms. The molecule has 0 saturated heterocycles. The summed E-state index contributed by atoms with van der Waals surface area (Å²) in [5.41, 5.74) is 0.439. The van der Waals surface area contributed by atoms with Crippen LogP contribution in [0.4, 0.5) is 0 Å². The molecule has 1 aromatic rings. The Morgan fingerprint density at radius 3 is 2.42 bits per heavy atom. The summed E-state index contributed by atoms with van der Waals surface area (Å²) in [5, 5.41) is 11.1. The molecule has 0 heterocycles. The van der Waals surface area contributed by atoms with Crippen molar-refractivity contribution in [2.45, 2.75) is 0 Å². The van der Waals surface area contributed by atoms with E-state index >= 15 is 0 Å². The number of hydrogen-bond donors (Lipinski definition) is 0. The molecule has 54 valence electrons. The van der Waals surface area contributed by atoms with E-state index in [0.29, 0.717) is 5.56 Å². The van der Waals surface area contributed by atoms with Crippen LogP contribution in [0.5, 0.6) is 0 Å². The van der Waals surface area contributed by atoms with Crippen molar-refractivity contribution >= 4 is 5.91 Å². The summed E-state index contributed by atoms with van der Waals surface area (Å²) >= 11 is 0. The fourth-order valence-electron chi connectivity index (χ4n) is 0.691. The van der Waals surface area contributed by atoms with E-state index in [1.807, 2.05) is 0 Å². The van der Waals surface area contributed by atoms with Gasteiger partial charge in [-0.3, -0.25) is 4.79 Å². The van der Waals surface area contributed by atoms with Crippen LogP contribution in [0.2, 0.25) is 0 Å². The van der Waals surface area contributed by atoms with Gasteiger partial charge in [-0.2, -0.15) is 0 Å². The molecule has 0 spiro atoms. The largest absolute Gasteiger partial charge is 1.00 e. The molecule has 0 fully saturated rings. The number of nitrogens with zero attached hydrogens (tertiary/aromatic N) is 2. The first-order valence-electron chi connectivity index (χ1n) is 3.04. The molecule has 0 aliphatic rings. The number of amides is 1. The standard InChI is InChI=1S/C8H6N2O.Na/c9-6-10-8(11)7-4-2-1-3-5-7;/h1-5H,(H,10,11);/q;+1/p-1. The van der Waals surface area contributed by atoms with Gasteiger partial charge >= 0.3 is 29.6 Å². The minimum atomic E-state index is -0.493. The van der Waals surface area contributed by atoms with Gasteiger partial charge in [0.05, 0.1) is 0 Å². The van der Waals surface area contributed by atoms with Crippen LogP contribution in [-0.4, -0.2) is 5.91 Å². The summed E-state index contributed by atoms with van der Waals surface area (Å²) in [4.78, 5) is 10.9. The van der Waals surface area contributed by atoms with Crippen LogP contribution in [0.1, 0.15) is 10.4 Å². The van der Waals surface area contributed by atoms with E-state index in [9.17, 15) is 4.79 Å². The zero-order valence-electron chi connectivity index (χ0n) is 6.69. The molecule has 1 aromatic carbocycles. The van der Waals surface area contributed by atoms with Gasteiger partial charge in [-0.15, -0.1) is 0 Å². The van der Waals surface area contributed by atoms with Crippen molar-refractivity contribution in [3.05, 3.63) is 41.2 Å². The predicted molar refractivity (Wildman–Crippen MR) is 39.7 cm³/mol. The Morgan fingerprint density at radius 2 is 1.92 bits per heavy atom. The van der Waals surface area contributed by atoms with Crippen LogP contribution in [0, 0.1) is 11.5 Å². The first-order chi connectivity index (χ1) is 5.34. The van der Waals surface area contributed by atoms with Gasteiger partial charge in [0.25, 0.3) is 0 Å². The zero-order chi connectivity index (χ0) is 8.10. The van der Waals surface area contributed by atoms with Crippen LogP contribution in [0.15, 0.2) is 30.3 Å². The van der Waals surface area contributed by atoms with Crippen molar-refractivity contribution in [3.63, 3.8) is 0 Å². The van der Waals surface area contributed by atoms with Crippen LogP contribution >= 0.6 is 0 Å². The number of rotatable bonds is 1. The number of benzene rings is 1. The van der Waals surface area contributed by atoms with Crippen LogP contribution in [0.3, 0.4) is 0 Å². The molecule has 1 amide bonds. The minimum absolute atomic E-state index is 0. The van der Waals surface area contributed by atoms with E-state index in [-0.39, 0.29) is 29.6 Å². The number of carbonyl (C=O) groups excluding carboxylic acids is 1. The second-order valence-corrected chi connectivity index (χ2v) is 1.88. The third-order valence-electron chi connectivity index (χ3n) is 1.17. The summed E-state index contributed by atoms with van der Waals surface area (Å²) in [6, 6.07) is 8.47. The summed E-state index contributed by atoms with van der Waals surface area (Å²) in [5.74, 6) is -0.493. The van der Waals surface area contributed by atoms with Crippen LogP contribution in [-0.2, 0) is 0 Å². The Balaban J connectivity index is 0.00000121. The van der Waals surface area contributed by atoms with E-state index in [1.165, 1.54) is 6.19 Å². The fraction of sp³-hybridized carbons (Fsp3) is 0. The van der Waals surface area contributed by atoms with Crippen LogP contribution in [0.25, 0.3) is 5.32 Å². The quantitative estimate of drug-likeness (QED) is 0.386. The monoisotopic (exact) mass is 168 g/mol. The molecule has 0 atom stereocenters. The predicted octanol–water partition coefficient (Wildman–Crippen LogP) is -1.31. The first kappa shape index (κ1) is 11.2. The van der Waals surface area contributed by atoms with Gasteiger partial charge in [-0.25, -0.2) is 0 Å². The van der Waals surface area contributed by atoms with E-state index < -0.39 is 5.91 Å². The van der Waals surface area contributed by atoms with Crippen molar-refractivity contribution in [2.75, 3.05) is 0 Å². The third kappa shape index (κ3) is 3.05. The van der Waals surface area contributed by atoms with Crippen molar-refractivity contribution in [1.82, 2.24) is 0 Å². The normalized spacial score (nSPS) is 7.58. The smallest absolute Gasteiger partial charge is 0.494 e. The van der Waals surface area contributed by atoms with E-state index in [4.69, 9.17) is 5.26 Å². The second kappa shape index (κ2) is 5.78. The molecule has 0 unspecified atom stereocenters. The molecule has 12 heavy (non-hydrogen) atoms. The van der Waals surface area contributed by atoms with Crippen molar-refractivity contribution in [3.8, 4) is 6.19 Å². The first-order valence-corrected chi connectivity index (χ1v) is 3.04. The molecule has 0 bridgehead atoms. The molecule has 0 saturated carbocycles. The molecule has 0 radical (unpaired) electrons. The number of carbonyl (C=O) groups is 1. The average molecular weight is 168 g/mol. The van der Waals surface area contributed by atoms with Gasteiger partial charge in [0, 0.05) is 5.56 Å². The van der Waals surface area contributed by atoms with Crippen molar-refractivity contribution < 1.29 is 34.4 Å².